The maximum absolute atomic E-state index is 13.0. The Bertz CT molecular complexity index is 1180. The van der Waals surface area contributed by atoms with Crippen LogP contribution in [0.3, 0.4) is 0 Å². The lowest BCUT2D eigenvalue weighted by atomic mass is 10.1. The van der Waals surface area contributed by atoms with Crippen molar-refractivity contribution in [2.45, 2.75) is 33.7 Å². The number of amides is 1. The van der Waals surface area contributed by atoms with Crippen LogP contribution in [0, 0.1) is 13.8 Å². The van der Waals surface area contributed by atoms with Gasteiger partial charge in [0.2, 0.25) is 0 Å². The molecule has 4 heteroatoms. The molecule has 0 saturated carbocycles. The quantitative estimate of drug-likeness (QED) is 0.509. The van der Waals surface area contributed by atoms with Gasteiger partial charge in [-0.05, 0) is 57.0 Å². The third-order valence-electron chi connectivity index (χ3n) is 5.28. The van der Waals surface area contributed by atoms with Gasteiger partial charge in [0.05, 0.1) is 16.6 Å². The number of rotatable bonds is 3. The van der Waals surface area contributed by atoms with E-state index in [1.54, 1.807) is 0 Å². The summed E-state index contributed by atoms with van der Waals surface area (Å²) in [5.41, 5.74) is 7.12. The summed E-state index contributed by atoms with van der Waals surface area (Å²) >= 11 is 0. The van der Waals surface area contributed by atoms with Crippen molar-refractivity contribution in [3.63, 3.8) is 0 Å². The first-order valence-electron chi connectivity index (χ1n) is 9.35. The Morgan fingerprint density at radius 2 is 1.74 bits per heavy atom. The minimum atomic E-state index is -0.0817. The number of carbonyl (C=O) groups excluding carboxylic acids is 1. The van der Waals surface area contributed by atoms with Crippen LogP contribution in [0.5, 0.6) is 0 Å². The molecule has 2 heterocycles. The van der Waals surface area contributed by atoms with E-state index >= 15 is 0 Å². The van der Waals surface area contributed by atoms with E-state index < -0.39 is 0 Å². The first kappa shape index (κ1) is 17.4. The van der Waals surface area contributed by atoms with Gasteiger partial charge < -0.3 is 14.5 Å². The van der Waals surface area contributed by atoms with Crippen LogP contribution in [0.4, 0.5) is 5.69 Å². The monoisotopic (exact) mass is 359 g/mol. The Balaban J connectivity index is 1.86. The Hall–Kier alpha value is -3.01. The van der Waals surface area contributed by atoms with Crippen molar-refractivity contribution in [3.05, 3.63) is 65.4 Å². The van der Waals surface area contributed by atoms with Crippen LogP contribution in [0.15, 0.2) is 48.5 Å². The molecule has 2 aromatic heterocycles. The highest BCUT2D eigenvalue weighted by atomic mass is 16.1. The van der Waals surface area contributed by atoms with Crippen molar-refractivity contribution < 1.29 is 4.79 Å². The summed E-state index contributed by atoms with van der Waals surface area (Å²) in [6, 6.07) is 16.8. The fourth-order valence-electron chi connectivity index (χ4n) is 3.93. The second-order valence-electron chi connectivity index (χ2n) is 7.58. The SMILES string of the molecule is Cc1ccc(C)c(NC(=O)c2cc3c(c4ccccc4n3C(C)C)n2C)c1. The van der Waals surface area contributed by atoms with Crippen molar-refractivity contribution in [1.82, 2.24) is 9.13 Å². The fraction of sp³-hybridized carbons (Fsp3) is 0.261. The zero-order valence-electron chi connectivity index (χ0n) is 16.5. The molecule has 0 aliphatic rings. The van der Waals surface area contributed by atoms with Gasteiger partial charge in [-0.15, -0.1) is 0 Å². The summed E-state index contributed by atoms with van der Waals surface area (Å²) in [4.78, 5) is 13.0. The number of hydrogen-bond donors (Lipinski definition) is 1. The van der Waals surface area contributed by atoms with E-state index in [4.69, 9.17) is 0 Å². The van der Waals surface area contributed by atoms with Gasteiger partial charge in [-0.2, -0.15) is 0 Å². The predicted octanol–water partition coefficient (Wildman–Crippen LogP) is 5.58. The molecule has 4 nitrogen and oxygen atoms in total. The molecule has 2 aromatic carbocycles. The van der Waals surface area contributed by atoms with Crippen LogP contribution >= 0.6 is 0 Å². The van der Waals surface area contributed by atoms with Gasteiger partial charge in [-0.1, -0.05) is 30.3 Å². The number of para-hydroxylation sites is 1. The second kappa shape index (κ2) is 6.31. The highest BCUT2D eigenvalue weighted by Gasteiger charge is 2.21. The van der Waals surface area contributed by atoms with Gasteiger partial charge >= 0.3 is 0 Å². The van der Waals surface area contributed by atoms with Crippen LogP contribution in [0.1, 0.15) is 41.5 Å². The number of fused-ring (bicyclic) bond motifs is 3. The van der Waals surface area contributed by atoms with Crippen molar-refractivity contribution >= 4 is 33.5 Å². The molecule has 138 valence electrons. The third kappa shape index (κ3) is 2.72. The van der Waals surface area contributed by atoms with Crippen LogP contribution < -0.4 is 5.32 Å². The number of hydrogen-bond acceptors (Lipinski definition) is 1. The fourth-order valence-corrected chi connectivity index (χ4v) is 3.93. The molecule has 0 aliphatic carbocycles. The summed E-state index contributed by atoms with van der Waals surface area (Å²) < 4.78 is 4.32. The molecule has 0 saturated heterocycles. The molecule has 0 fully saturated rings. The molecule has 0 radical (unpaired) electrons. The van der Waals surface area contributed by atoms with Crippen LogP contribution in [-0.2, 0) is 7.05 Å². The first-order valence-corrected chi connectivity index (χ1v) is 9.35. The molecular formula is C23H25N3O. The summed E-state index contributed by atoms with van der Waals surface area (Å²) in [6.07, 6.45) is 0. The standard InChI is InChI=1S/C23H25N3O/c1-14(2)26-19-9-7-6-8-17(19)22-20(26)13-21(25(22)5)23(27)24-18-12-15(3)10-11-16(18)4/h6-14H,1-5H3,(H,24,27). The van der Waals surface area contributed by atoms with Crippen molar-refractivity contribution in [3.8, 4) is 0 Å². The topological polar surface area (TPSA) is 39.0 Å². The average molecular weight is 359 g/mol. The number of aromatic nitrogens is 2. The lowest BCUT2D eigenvalue weighted by Crippen LogP contribution is -2.16. The zero-order chi connectivity index (χ0) is 19.3. The minimum absolute atomic E-state index is 0.0817. The maximum atomic E-state index is 13.0. The highest BCUT2D eigenvalue weighted by Crippen LogP contribution is 2.33. The predicted molar refractivity (Wildman–Crippen MR) is 113 cm³/mol. The molecule has 1 N–H and O–H groups in total. The van der Waals surface area contributed by atoms with Gasteiger partial charge in [0.15, 0.2) is 0 Å². The zero-order valence-corrected chi connectivity index (χ0v) is 16.5. The number of nitrogens with one attached hydrogen (secondary N) is 1. The van der Waals surface area contributed by atoms with Crippen LogP contribution in [0.25, 0.3) is 21.9 Å². The third-order valence-corrected chi connectivity index (χ3v) is 5.28. The van der Waals surface area contributed by atoms with Crippen LogP contribution in [0.2, 0.25) is 0 Å². The van der Waals surface area contributed by atoms with E-state index in [-0.39, 0.29) is 5.91 Å². The number of anilines is 1. The molecular weight excluding hydrogens is 334 g/mol. The number of nitrogens with zero attached hydrogens (tertiary/aromatic N) is 2. The molecule has 4 aromatic rings. The van der Waals surface area contributed by atoms with Crippen molar-refractivity contribution in [2.24, 2.45) is 7.05 Å². The Morgan fingerprint density at radius 3 is 2.48 bits per heavy atom. The van der Waals surface area contributed by atoms with Crippen molar-refractivity contribution in [1.29, 1.82) is 0 Å². The highest BCUT2D eigenvalue weighted by molar-refractivity contribution is 6.12. The number of benzene rings is 2. The Morgan fingerprint density at radius 1 is 1.00 bits per heavy atom. The lowest BCUT2D eigenvalue weighted by Gasteiger charge is -2.11. The summed E-state index contributed by atoms with van der Waals surface area (Å²) in [5.74, 6) is -0.0817. The number of carbonyl (C=O) groups is 1. The van der Waals surface area contributed by atoms with Gasteiger partial charge in [0.1, 0.15) is 5.69 Å². The normalized spacial score (nSPS) is 11.6. The van der Waals surface area contributed by atoms with E-state index in [1.807, 2.05) is 43.7 Å². The molecule has 1 amide bonds. The van der Waals surface area contributed by atoms with Gasteiger partial charge in [-0.25, -0.2) is 0 Å². The van der Waals surface area contributed by atoms with E-state index in [1.165, 1.54) is 10.9 Å². The van der Waals surface area contributed by atoms with Crippen molar-refractivity contribution in [2.75, 3.05) is 5.32 Å². The second-order valence-corrected chi connectivity index (χ2v) is 7.58. The van der Waals surface area contributed by atoms with Gasteiger partial charge in [0.25, 0.3) is 5.91 Å². The Kier molecular flexibility index (Phi) is 4.06. The molecule has 0 spiro atoms. The number of aryl methyl sites for hydroxylation is 3. The maximum Gasteiger partial charge on any atom is 0.272 e. The molecule has 4 rings (SSSR count). The smallest absolute Gasteiger partial charge is 0.272 e. The molecule has 0 atom stereocenters. The van der Waals surface area contributed by atoms with E-state index in [0.29, 0.717) is 11.7 Å². The van der Waals surface area contributed by atoms with Gasteiger partial charge in [-0.3, -0.25) is 4.79 Å². The molecule has 27 heavy (non-hydrogen) atoms. The molecule has 0 unspecified atom stereocenters. The largest absolute Gasteiger partial charge is 0.338 e. The van der Waals surface area contributed by atoms with E-state index in [9.17, 15) is 4.79 Å². The summed E-state index contributed by atoms with van der Waals surface area (Å²) in [7, 11) is 1.97. The Labute approximate surface area is 159 Å². The molecule has 0 aliphatic heterocycles. The average Bonchev–Trinajstić information content (AvgIpc) is 3.12. The van der Waals surface area contributed by atoms with E-state index in [2.05, 4.69) is 54.1 Å². The van der Waals surface area contributed by atoms with Crippen LogP contribution in [-0.4, -0.2) is 15.0 Å². The van der Waals surface area contributed by atoms with Gasteiger partial charge in [0, 0.05) is 24.2 Å². The minimum Gasteiger partial charge on any atom is -0.338 e. The van der Waals surface area contributed by atoms with E-state index in [0.717, 1.165) is 27.8 Å². The lowest BCUT2D eigenvalue weighted by molar-refractivity contribution is 0.101. The summed E-state index contributed by atoms with van der Waals surface area (Å²) in [6.45, 7) is 8.39. The molecule has 0 bridgehead atoms. The summed E-state index contributed by atoms with van der Waals surface area (Å²) in [5, 5.41) is 4.26. The first-order chi connectivity index (χ1) is 12.9.